The predicted octanol–water partition coefficient (Wildman–Crippen LogP) is 3.98. The highest BCUT2D eigenvalue weighted by Gasteiger charge is 2.05. The fraction of sp³-hybridized carbons (Fsp3) is 0.167. The monoisotopic (exact) mass is 323 g/mol. The van der Waals surface area contributed by atoms with E-state index in [0.29, 0.717) is 18.3 Å². The molecular formula is C18H18FN5. The molecule has 1 aromatic heterocycles. The lowest BCUT2D eigenvalue weighted by atomic mass is 10.1. The summed E-state index contributed by atoms with van der Waals surface area (Å²) in [7, 11) is 0. The Morgan fingerprint density at radius 3 is 2.62 bits per heavy atom. The molecule has 0 aliphatic heterocycles. The van der Waals surface area contributed by atoms with Crippen LogP contribution in [-0.2, 0) is 6.54 Å². The standard InChI is InChI=1S/C18H18FN5/c1-12-4-3-5-16(13(12)2)22-18-23-17(11-21-24-18)20-10-14-6-8-15(19)9-7-14/h3-9,11H,10H2,1-2H3,(H2,20,22,23,24). The summed E-state index contributed by atoms with van der Waals surface area (Å²) in [5.74, 6) is 0.775. The molecule has 3 aromatic rings. The molecule has 6 heteroatoms. The van der Waals surface area contributed by atoms with Gasteiger partial charge in [-0.05, 0) is 48.7 Å². The number of hydrogen-bond acceptors (Lipinski definition) is 5. The van der Waals surface area contributed by atoms with Crippen molar-refractivity contribution >= 4 is 17.5 Å². The topological polar surface area (TPSA) is 62.7 Å². The van der Waals surface area contributed by atoms with Gasteiger partial charge < -0.3 is 10.6 Å². The van der Waals surface area contributed by atoms with E-state index in [1.165, 1.54) is 17.7 Å². The van der Waals surface area contributed by atoms with Crippen molar-refractivity contribution in [2.24, 2.45) is 0 Å². The molecule has 1 heterocycles. The number of halogens is 1. The van der Waals surface area contributed by atoms with E-state index in [1.807, 2.05) is 19.1 Å². The number of nitrogens with zero attached hydrogens (tertiary/aromatic N) is 3. The van der Waals surface area contributed by atoms with E-state index in [9.17, 15) is 4.39 Å². The zero-order chi connectivity index (χ0) is 16.9. The average molecular weight is 323 g/mol. The smallest absolute Gasteiger partial charge is 0.249 e. The number of benzene rings is 2. The molecule has 5 nitrogen and oxygen atoms in total. The summed E-state index contributed by atoms with van der Waals surface area (Å²) in [4.78, 5) is 4.40. The van der Waals surface area contributed by atoms with Crippen LogP contribution in [0.25, 0.3) is 0 Å². The maximum absolute atomic E-state index is 12.9. The van der Waals surface area contributed by atoms with Crippen LogP contribution < -0.4 is 10.6 Å². The lowest BCUT2D eigenvalue weighted by Gasteiger charge is -2.11. The number of nitrogens with one attached hydrogen (secondary N) is 2. The molecule has 0 spiro atoms. The van der Waals surface area contributed by atoms with E-state index in [-0.39, 0.29) is 5.82 Å². The second-order valence-electron chi connectivity index (χ2n) is 5.52. The van der Waals surface area contributed by atoms with Gasteiger partial charge in [-0.15, -0.1) is 5.10 Å². The molecule has 2 N–H and O–H groups in total. The quantitative estimate of drug-likeness (QED) is 0.743. The minimum Gasteiger partial charge on any atom is -0.365 e. The van der Waals surface area contributed by atoms with Gasteiger partial charge >= 0.3 is 0 Å². The van der Waals surface area contributed by atoms with Crippen molar-refractivity contribution in [2.75, 3.05) is 10.6 Å². The van der Waals surface area contributed by atoms with Crippen molar-refractivity contribution < 1.29 is 4.39 Å². The predicted molar refractivity (Wildman–Crippen MR) is 92.8 cm³/mol. The zero-order valence-electron chi connectivity index (χ0n) is 13.5. The van der Waals surface area contributed by atoms with Gasteiger partial charge in [-0.3, -0.25) is 0 Å². The summed E-state index contributed by atoms with van der Waals surface area (Å²) in [5.41, 5.74) is 4.25. The number of hydrogen-bond donors (Lipinski definition) is 2. The number of rotatable bonds is 5. The maximum Gasteiger partial charge on any atom is 0.249 e. The van der Waals surface area contributed by atoms with E-state index in [1.54, 1.807) is 18.3 Å². The lowest BCUT2D eigenvalue weighted by Crippen LogP contribution is -2.06. The van der Waals surface area contributed by atoms with Crippen molar-refractivity contribution in [3.05, 3.63) is 71.2 Å². The molecule has 0 bridgehead atoms. The first kappa shape index (κ1) is 15.9. The number of aromatic nitrogens is 3. The van der Waals surface area contributed by atoms with E-state index in [4.69, 9.17) is 0 Å². The number of anilines is 3. The van der Waals surface area contributed by atoms with Crippen molar-refractivity contribution in [2.45, 2.75) is 20.4 Å². The van der Waals surface area contributed by atoms with Gasteiger partial charge in [-0.2, -0.15) is 10.1 Å². The first-order valence-electron chi connectivity index (χ1n) is 7.63. The van der Waals surface area contributed by atoms with E-state index >= 15 is 0 Å². The first-order chi connectivity index (χ1) is 11.6. The van der Waals surface area contributed by atoms with Crippen molar-refractivity contribution in [1.82, 2.24) is 15.2 Å². The largest absolute Gasteiger partial charge is 0.365 e. The molecule has 0 fully saturated rings. The molecule has 0 aliphatic rings. The van der Waals surface area contributed by atoms with Gasteiger partial charge in [-0.25, -0.2) is 4.39 Å². The van der Waals surface area contributed by atoms with E-state index < -0.39 is 0 Å². The highest BCUT2D eigenvalue weighted by molar-refractivity contribution is 5.60. The summed E-state index contributed by atoms with van der Waals surface area (Å²) in [6.45, 7) is 4.63. The van der Waals surface area contributed by atoms with Crippen LogP contribution in [0.1, 0.15) is 16.7 Å². The van der Waals surface area contributed by atoms with E-state index in [2.05, 4.69) is 38.8 Å². The molecule has 0 amide bonds. The Kier molecular flexibility index (Phi) is 4.65. The molecule has 0 aliphatic carbocycles. The fourth-order valence-corrected chi connectivity index (χ4v) is 2.24. The molecule has 2 aromatic carbocycles. The Bertz CT molecular complexity index is 833. The molecule has 0 radical (unpaired) electrons. The van der Waals surface area contributed by atoms with Crippen LogP contribution in [0.2, 0.25) is 0 Å². The second-order valence-corrected chi connectivity index (χ2v) is 5.52. The van der Waals surface area contributed by atoms with Crippen LogP contribution in [0.3, 0.4) is 0 Å². The van der Waals surface area contributed by atoms with Crippen LogP contribution in [0.5, 0.6) is 0 Å². The van der Waals surface area contributed by atoms with Gasteiger partial charge in [0.05, 0.1) is 6.20 Å². The summed E-state index contributed by atoms with van der Waals surface area (Å²) in [5, 5.41) is 14.3. The molecule has 3 rings (SSSR count). The maximum atomic E-state index is 12.9. The van der Waals surface area contributed by atoms with Gasteiger partial charge in [0.15, 0.2) is 5.82 Å². The summed E-state index contributed by atoms with van der Waals surface area (Å²) in [6.07, 6.45) is 1.55. The molecule has 0 saturated carbocycles. The third-order valence-electron chi connectivity index (χ3n) is 3.80. The third-order valence-corrected chi connectivity index (χ3v) is 3.80. The van der Waals surface area contributed by atoms with Crippen molar-refractivity contribution in [3.8, 4) is 0 Å². The summed E-state index contributed by atoms with van der Waals surface area (Å²) in [6, 6.07) is 12.3. The Labute approximate surface area is 140 Å². The second kappa shape index (κ2) is 7.04. The Hall–Kier alpha value is -3.02. The minimum atomic E-state index is -0.248. The van der Waals surface area contributed by atoms with Crippen LogP contribution in [0, 0.1) is 19.7 Å². The highest BCUT2D eigenvalue weighted by atomic mass is 19.1. The van der Waals surface area contributed by atoms with Crippen molar-refractivity contribution in [3.63, 3.8) is 0 Å². The lowest BCUT2D eigenvalue weighted by molar-refractivity contribution is 0.627. The van der Waals surface area contributed by atoms with Gasteiger partial charge in [0.2, 0.25) is 5.95 Å². The Balaban J connectivity index is 1.69. The molecule has 0 unspecified atom stereocenters. The Morgan fingerprint density at radius 1 is 1.04 bits per heavy atom. The zero-order valence-corrected chi connectivity index (χ0v) is 13.5. The summed E-state index contributed by atoms with van der Waals surface area (Å²) < 4.78 is 12.9. The van der Waals surface area contributed by atoms with E-state index in [0.717, 1.165) is 16.8 Å². The average Bonchev–Trinajstić information content (AvgIpc) is 2.59. The van der Waals surface area contributed by atoms with Gasteiger partial charge in [0.1, 0.15) is 5.82 Å². The minimum absolute atomic E-state index is 0.248. The molecule has 0 atom stereocenters. The molecule has 122 valence electrons. The molecular weight excluding hydrogens is 305 g/mol. The molecule has 0 saturated heterocycles. The molecule has 24 heavy (non-hydrogen) atoms. The first-order valence-corrected chi connectivity index (χ1v) is 7.63. The van der Waals surface area contributed by atoms with Crippen molar-refractivity contribution in [1.29, 1.82) is 0 Å². The fourth-order valence-electron chi connectivity index (χ4n) is 2.24. The van der Waals surface area contributed by atoms with Gasteiger partial charge in [0, 0.05) is 12.2 Å². The third kappa shape index (κ3) is 3.84. The SMILES string of the molecule is Cc1cccc(Nc2nncc(NCc3ccc(F)cc3)n2)c1C. The van der Waals surface area contributed by atoms with Crippen LogP contribution in [-0.4, -0.2) is 15.2 Å². The van der Waals surface area contributed by atoms with Crippen LogP contribution in [0.4, 0.5) is 21.8 Å². The van der Waals surface area contributed by atoms with Gasteiger partial charge in [-0.1, -0.05) is 24.3 Å². The normalized spacial score (nSPS) is 10.5. The van der Waals surface area contributed by atoms with Crippen LogP contribution in [0.15, 0.2) is 48.7 Å². The Morgan fingerprint density at radius 2 is 1.83 bits per heavy atom. The number of aryl methyl sites for hydroxylation is 1. The van der Waals surface area contributed by atoms with Crippen LogP contribution >= 0.6 is 0 Å². The summed E-state index contributed by atoms with van der Waals surface area (Å²) >= 11 is 0. The highest BCUT2D eigenvalue weighted by Crippen LogP contribution is 2.21. The van der Waals surface area contributed by atoms with Gasteiger partial charge in [0.25, 0.3) is 0 Å².